The van der Waals surface area contributed by atoms with Gasteiger partial charge >= 0.3 is 0 Å². The molecule has 0 spiro atoms. The lowest BCUT2D eigenvalue weighted by molar-refractivity contribution is 0.372. The van der Waals surface area contributed by atoms with Crippen LogP contribution in [0, 0.1) is 0 Å². The Balaban J connectivity index is 1.44. The molecule has 3 heteroatoms. The van der Waals surface area contributed by atoms with Crippen molar-refractivity contribution in [3.63, 3.8) is 0 Å². The van der Waals surface area contributed by atoms with E-state index >= 15 is 0 Å². The fraction of sp³-hybridized carbons (Fsp3) is 0.350. The Kier molecular flexibility index (Phi) is 4.12. The Morgan fingerprint density at radius 2 is 1.74 bits per heavy atom. The Morgan fingerprint density at radius 3 is 2.57 bits per heavy atom. The van der Waals surface area contributed by atoms with Gasteiger partial charge in [0.15, 0.2) is 0 Å². The Labute approximate surface area is 137 Å². The van der Waals surface area contributed by atoms with Crippen LogP contribution in [0.5, 0.6) is 0 Å². The number of benzene rings is 2. The molecule has 1 aliphatic carbocycles. The molecule has 0 amide bonds. The number of H-pyrrole nitrogens is 1. The van der Waals surface area contributed by atoms with Crippen LogP contribution < -0.4 is 5.32 Å². The van der Waals surface area contributed by atoms with Crippen molar-refractivity contribution in [1.29, 1.82) is 0 Å². The van der Waals surface area contributed by atoms with E-state index in [0.717, 1.165) is 17.6 Å². The fourth-order valence-electron chi connectivity index (χ4n) is 3.50. The van der Waals surface area contributed by atoms with Gasteiger partial charge in [-0.1, -0.05) is 49.6 Å². The lowest BCUT2D eigenvalue weighted by atomic mass is 9.95. The summed E-state index contributed by atoms with van der Waals surface area (Å²) in [4.78, 5) is 7.45. The molecule has 2 aromatic carbocycles. The van der Waals surface area contributed by atoms with Crippen LogP contribution in [0.2, 0.25) is 0 Å². The first-order valence-corrected chi connectivity index (χ1v) is 8.64. The predicted molar refractivity (Wildman–Crippen MR) is 95.2 cm³/mol. The molecule has 118 valence electrons. The van der Waals surface area contributed by atoms with Crippen molar-refractivity contribution < 1.29 is 0 Å². The number of hydrogen-bond acceptors (Lipinski definition) is 2. The molecule has 23 heavy (non-hydrogen) atoms. The van der Waals surface area contributed by atoms with E-state index in [1.165, 1.54) is 48.8 Å². The van der Waals surface area contributed by atoms with Gasteiger partial charge in [0, 0.05) is 12.6 Å². The maximum absolute atomic E-state index is 4.27. The number of fused-ring (bicyclic) bond motifs is 1. The highest BCUT2D eigenvalue weighted by Crippen LogP contribution is 2.23. The van der Waals surface area contributed by atoms with Crippen LogP contribution in [0.4, 0.5) is 0 Å². The van der Waals surface area contributed by atoms with Gasteiger partial charge in [-0.3, -0.25) is 0 Å². The predicted octanol–water partition coefficient (Wildman–Crippen LogP) is 4.65. The lowest BCUT2D eigenvalue weighted by Crippen LogP contribution is -2.30. The maximum atomic E-state index is 4.27. The molecule has 2 N–H and O–H groups in total. The molecule has 1 aliphatic rings. The Hall–Kier alpha value is -2.13. The summed E-state index contributed by atoms with van der Waals surface area (Å²) in [6.07, 6.45) is 8.59. The summed E-state index contributed by atoms with van der Waals surface area (Å²) < 4.78 is 0. The van der Waals surface area contributed by atoms with Crippen molar-refractivity contribution in [3.8, 4) is 11.1 Å². The Bertz CT molecular complexity index is 767. The van der Waals surface area contributed by atoms with Crippen LogP contribution in [0.3, 0.4) is 0 Å². The van der Waals surface area contributed by atoms with Gasteiger partial charge in [-0.25, -0.2) is 4.98 Å². The van der Waals surface area contributed by atoms with Crippen molar-refractivity contribution in [1.82, 2.24) is 15.3 Å². The highest BCUT2D eigenvalue weighted by atomic mass is 14.9. The second-order valence-electron chi connectivity index (χ2n) is 6.55. The number of hydrogen-bond donors (Lipinski definition) is 2. The molecule has 0 radical (unpaired) electrons. The zero-order valence-electron chi connectivity index (χ0n) is 13.4. The van der Waals surface area contributed by atoms with Crippen LogP contribution in [-0.2, 0) is 6.54 Å². The summed E-state index contributed by atoms with van der Waals surface area (Å²) >= 11 is 0. The summed E-state index contributed by atoms with van der Waals surface area (Å²) in [5.41, 5.74) is 5.95. The van der Waals surface area contributed by atoms with Gasteiger partial charge in [-0.2, -0.15) is 0 Å². The van der Waals surface area contributed by atoms with Crippen molar-refractivity contribution in [3.05, 3.63) is 54.4 Å². The third-order valence-electron chi connectivity index (χ3n) is 4.91. The zero-order chi connectivity index (χ0) is 15.5. The molecule has 0 bridgehead atoms. The van der Waals surface area contributed by atoms with E-state index < -0.39 is 0 Å². The minimum absolute atomic E-state index is 0.714. The standard InChI is InChI=1S/C20H23N3/c1-2-4-18(5-3-1)21-13-15-6-8-16(9-7-15)17-10-11-19-20(12-17)23-14-22-19/h6-12,14,18,21H,1-5,13H2,(H,22,23). The minimum atomic E-state index is 0.714. The van der Waals surface area contributed by atoms with Crippen molar-refractivity contribution in [2.75, 3.05) is 0 Å². The highest BCUT2D eigenvalue weighted by Gasteiger charge is 2.12. The van der Waals surface area contributed by atoms with Gasteiger partial charge in [0.2, 0.25) is 0 Å². The molecule has 4 rings (SSSR count). The fourth-order valence-corrected chi connectivity index (χ4v) is 3.50. The molecule has 0 aliphatic heterocycles. The average molecular weight is 305 g/mol. The number of rotatable bonds is 4. The monoisotopic (exact) mass is 305 g/mol. The number of nitrogens with zero attached hydrogens (tertiary/aromatic N) is 1. The van der Waals surface area contributed by atoms with E-state index in [1.807, 2.05) is 0 Å². The summed E-state index contributed by atoms with van der Waals surface area (Å²) in [7, 11) is 0. The molecule has 1 heterocycles. The topological polar surface area (TPSA) is 40.7 Å². The largest absolute Gasteiger partial charge is 0.345 e. The first kappa shape index (κ1) is 14.5. The quantitative estimate of drug-likeness (QED) is 0.736. The maximum Gasteiger partial charge on any atom is 0.0931 e. The average Bonchev–Trinajstić information content (AvgIpc) is 3.09. The first-order valence-electron chi connectivity index (χ1n) is 8.64. The zero-order valence-corrected chi connectivity index (χ0v) is 13.4. The SMILES string of the molecule is c1nc2ccc(-c3ccc(CNC4CCCCC4)cc3)cc2[nH]1. The summed E-state index contributed by atoms with van der Waals surface area (Å²) in [5.74, 6) is 0. The molecule has 0 atom stereocenters. The van der Waals surface area contributed by atoms with Crippen LogP contribution in [0.25, 0.3) is 22.2 Å². The molecule has 3 nitrogen and oxygen atoms in total. The van der Waals surface area contributed by atoms with Gasteiger partial charge in [-0.05, 0) is 41.7 Å². The molecular formula is C20H23N3. The molecular weight excluding hydrogens is 282 g/mol. The van der Waals surface area contributed by atoms with Gasteiger partial charge < -0.3 is 10.3 Å². The van der Waals surface area contributed by atoms with Crippen LogP contribution in [0.15, 0.2) is 48.8 Å². The first-order chi connectivity index (χ1) is 11.4. The van der Waals surface area contributed by atoms with E-state index in [2.05, 4.69) is 57.7 Å². The molecule has 3 aromatic rings. The van der Waals surface area contributed by atoms with Crippen molar-refractivity contribution in [2.24, 2.45) is 0 Å². The molecule has 1 saturated carbocycles. The van der Waals surface area contributed by atoms with Crippen molar-refractivity contribution >= 4 is 11.0 Å². The van der Waals surface area contributed by atoms with E-state index in [4.69, 9.17) is 0 Å². The number of imidazole rings is 1. The third-order valence-corrected chi connectivity index (χ3v) is 4.91. The molecule has 1 fully saturated rings. The number of aromatic nitrogens is 2. The molecule has 0 saturated heterocycles. The van der Waals surface area contributed by atoms with Crippen LogP contribution in [0.1, 0.15) is 37.7 Å². The Morgan fingerprint density at radius 1 is 0.957 bits per heavy atom. The summed E-state index contributed by atoms with van der Waals surface area (Å²) in [5, 5.41) is 3.70. The number of aromatic amines is 1. The van der Waals surface area contributed by atoms with Crippen LogP contribution in [-0.4, -0.2) is 16.0 Å². The number of nitrogens with one attached hydrogen (secondary N) is 2. The summed E-state index contributed by atoms with van der Waals surface area (Å²) in [6, 6.07) is 16.0. The third kappa shape index (κ3) is 3.30. The van der Waals surface area contributed by atoms with Gasteiger partial charge in [-0.15, -0.1) is 0 Å². The summed E-state index contributed by atoms with van der Waals surface area (Å²) in [6.45, 7) is 0.977. The van der Waals surface area contributed by atoms with Crippen molar-refractivity contribution in [2.45, 2.75) is 44.7 Å². The molecule has 0 unspecified atom stereocenters. The van der Waals surface area contributed by atoms with E-state index in [1.54, 1.807) is 6.33 Å². The van der Waals surface area contributed by atoms with E-state index in [-0.39, 0.29) is 0 Å². The second-order valence-corrected chi connectivity index (χ2v) is 6.55. The van der Waals surface area contributed by atoms with E-state index in [9.17, 15) is 0 Å². The molecule has 1 aromatic heterocycles. The van der Waals surface area contributed by atoms with Crippen LogP contribution >= 0.6 is 0 Å². The van der Waals surface area contributed by atoms with Gasteiger partial charge in [0.05, 0.1) is 17.4 Å². The lowest BCUT2D eigenvalue weighted by Gasteiger charge is -2.22. The highest BCUT2D eigenvalue weighted by molar-refractivity contribution is 5.81. The van der Waals surface area contributed by atoms with E-state index in [0.29, 0.717) is 6.04 Å². The van der Waals surface area contributed by atoms with Gasteiger partial charge in [0.1, 0.15) is 0 Å². The smallest absolute Gasteiger partial charge is 0.0931 e. The normalized spacial score (nSPS) is 16.0. The minimum Gasteiger partial charge on any atom is -0.345 e. The van der Waals surface area contributed by atoms with Gasteiger partial charge in [0.25, 0.3) is 0 Å². The second kappa shape index (κ2) is 6.55.